The fraction of sp³-hybridized carbons (Fsp3) is 0.542. The molecule has 1 aromatic heterocycles. The van der Waals surface area contributed by atoms with Gasteiger partial charge in [-0.3, -0.25) is 0 Å². The Morgan fingerprint density at radius 1 is 1.19 bits per heavy atom. The summed E-state index contributed by atoms with van der Waals surface area (Å²) in [7, 11) is 0. The van der Waals surface area contributed by atoms with E-state index in [0.29, 0.717) is 25.2 Å². The van der Waals surface area contributed by atoms with Crippen LogP contribution in [-0.2, 0) is 29.0 Å². The number of rotatable bonds is 10. The Bertz CT molecular complexity index is 764. The Labute approximate surface area is 208 Å². The molecule has 3 rings (SSSR count). The third-order valence-electron chi connectivity index (χ3n) is 5.16. The van der Waals surface area contributed by atoms with Crippen molar-refractivity contribution in [2.75, 3.05) is 26.3 Å². The fourth-order valence-electron chi connectivity index (χ4n) is 3.50. The molecule has 5 nitrogen and oxygen atoms in total. The molecule has 1 aliphatic heterocycles. The van der Waals surface area contributed by atoms with E-state index in [1.54, 1.807) is 0 Å². The maximum absolute atomic E-state index is 6.06. The summed E-state index contributed by atoms with van der Waals surface area (Å²) in [5.41, 5.74) is 2.41. The summed E-state index contributed by atoms with van der Waals surface area (Å²) >= 11 is 1.83. The third kappa shape index (κ3) is 9.89. The lowest BCUT2D eigenvalue weighted by Gasteiger charge is -2.22. The largest absolute Gasteiger partial charge is 0.381 e. The molecule has 0 aliphatic carbocycles. The molecule has 0 radical (unpaired) electrons. The number of thiophene rings is 1. The summed E-state index contributed by atoms with van der Waals surface area (Å²) in [6.07, 6.45) is 3.40. The minimum absolute atomic E-state index is 0. The zero-order valence-corrected chi connectivity index (χ0v) is 21.8. The van der Waals surface area contributed by atoms with Crippen LogP contribution in [-0.4, -0.2) is 38.4 Å². The monoisotopic (exact) mass is 557 g/mol. The van der Waals surface area contributed by atoms with E-state index in [2.05, 4.69) is 66.3 Å². The van der Waals surface area contributed by atoms with Gasteiger partial charge in [0.05, 0.1) is 19.3 Å². The molecule has 1 atom stereocenters. The van der Waals surface area contributed by atoms with Crippen LogP contribution in [0.3, 0.4) is 0 Å². The second kappa shape index (κ2) is 14.8. The highest BCUT2D eigenvalue weighted by molar-refractivity contribution is 14.0. The molecular formula is C24H36IN3O2S. The van der Waals surface area contributed by atoms with Crippen molar-refractivity contribution in [1.82, 2.24) is 10.6 Å². The first-order chi connectivity index (χ1) is 14.7. The van der Waals surface area contributed by atoms with Crippen molar-refractivity contribution in [2.24, 2.45) is 10.9 Å². The van der Waals surface area contributed by atoms with Gasteiger partial charge >= 0.3 is 0 Å². The zero-order valence-electron chi connectivity index (χ0n) is 18.6. The van der Waals surface area contributed by atoms with Crippen LogP contribution in [0.2, 0.25) is 0 Å². The summed E-state index contributed by atoms with van der Waals surface area (Å²) in [6, 6.07) is 12.9. The molecule has 0 spiro atoms. The second-order valence-electron chi connectivity index (χ2n) is 7.91. The maximum atomic E-state index is 6.06. The van der Waals surface area contributed by atoms with Crippen molar-refractivity contribution in [3.8, 4) is 0 Å². The summed E-state index contributed by atoms with van der Waals surface area (Å²) < 4.78 is 11.5. The van der Waals surface area contributed by atoms with Gasteiger partial charge in [-0.1, -0.05) is 37.3 Å². The van der Waals surface area contributed by atoms with Gasteiger partial charge in [0.25, 0.3) is 0 Å². The number of benzene rings is 1. The molecule has 0 bridgehead atoms. The molecule has 0 saturated carbocycles. The van der Waals surface area contributed by atoms with Crippen molar-refractivity contribution in [3.05, 3.63) is 57.8 Å². The number of hydrogen-bond acceptors (Lipinski definition) is 4. The molecule has 1 fully saturated rings. The summed E-state index contributed by atoms with van der Waals surface area (Å²) in [4.78, 5) is 6.22. The maximum Gasteiger partial charge on any atom is 0.191 e. The number of ether oxygens (including phenoxy) is 2. The average Bonchev–Trinajstić information content (AvgIpc) is 3.28. The molecule has 2 heterocycles. The molecule has 31 heavy (non-hydrogen) atoms. The standard InChI is InChI=1S/C24H35N3O2S.HI/c1-3-25-24(26-16-19(2)14-23-8-5-13-30-23)27-17-20-6-4-7-21(15-20)18-29-22-9-11-28-12-10-22;/h4-8,13,15,19,22H,3,9-12,14,16-18H2,1-2H3,(H2,25,26,27);1H. The van der Waals surface area contributed by atoms with E-state index in [-0.39, 0.29) is 24.0 Å². The number of nitrogens with one attached hydrogen (secondary N) is 2. The molecular weight excluding hydrogens is 521 g/mol. The van der Waals surface area contributed by atoms with Gasteiger partial charge in [0, 0.05) is 31.2 Å². The normalized spacial score (nSPS) is 15.9. The van der Waals surface area contributed by atoms with Crippen molar-refractivity contribution in [1.29, 1.82) is 0 Å². The van der Waals surface area contributed by atoms with Gasteiger partial charge in [-0.2, -0.15) is 0 Å². The first-order valence-electron chi connectivity index (χ1n) is 11.0. The lowest BCUT2D eigenvalue weighted by molar-refractivity contribution is -0.0390. The number of aliphatic imine (C=N–C) groups is 1. The highest BCUT2D eigenvalue weighted by atomic mass is 127. The molecule has 0 amide bonds. The van der Waals surface area contributed by atoms with Gasteiger partial charge in [0.2, 0.25) is 0 Å². The Kier molecular flexibility index (Phi) is 12.5. The van der Waals surface area contributed by atoms with E-state index in [0.717, 1.165) is 51.5 Å². The van der Waals surface area contributed by atoms with E-state index in [9.17, 15) is 0 Å². The first kappa shape index (κ1) is 26.1. The summed E-state index contributed by atoms with van der Waals surface area (Å²) in [5.74, 6) is 1.43. The molecule has 1 aliphatic rings. The quantitative estimate of drug-likeness (QED) is 0.246. The molecule has 1 unspecified atom stereocenters. The highest BCUT2D eigenvalue weighted by Gasteiger charge is 2.14. The lowest BCUT2D eigenvalue weighted by Crippen LogP contribution is -2.39. The predicted octanol–water partition coefficient (Wildman–Crippen LogP) is 5.00. The van der Waals surface area contributed by atoms with E-state index < -0.39 is 0 Å². The van der Waals surface area contributed by atoms with Crippen LogP contribution in [0.15, 0.2) is 46.8 Å². The van der Waals surface area contributed by atoms with Crippen molar-refractivity contribution in [3.63, 3.8) is 0 Å². The van der Waals surface area contributed by atoms with Gasteiger partial charge in [-0.05, 0) is 54.7 Å². The minimum Gasteiger partial charge on any atom is -0.381 e. The fourth-order valence-corrected chi connectivity index (χ4v) is 4.37. The smallest absolute Gasteiger partial charge is 0.191 e. The minimum atomic E-state index is 0. The Hall–Kier alpha value is -1.16. The van der Waals surface area contributed by atoms with E-state index >= 15 is 0 Å². The van der Waals surface area contributed by atoms with Gasteiger partial charge in [0.1, 0.15) is 0 Å². The second-order valence-corrected chi connectivity index (χ2v) is 8.94. The topological polar surface area (TPSA) is 54.9 Å². The van der Waals surface area contributed by atoms with Crippen molar-refractivity contribution >= 4 is 41.3 Å². The number of guanidine groups is 1. The van der Waals surface area contributed by atoms with E-state index in [4.69, 9.17) is 14.5 Å². The van der Waals surface area contributed by atoms with Crippen LogP contribution in [0, 0.1) is 5.92 Å². The Morgan fingerprint density at radius 3 is 2.74 bits per heavy atom. The number of halogens is 1. The highest BCUT2D eigenvalue weighted by Crippen LogP contribution is 2.15. The van der Waals surface area contributed by atoms with Crippen molar-refractivity contribution < 1.29 is 9.47 Å². The molecule has 172 valence electrons. The van der Waals surface area contributed by atoms with Crippen LogP contribution in [0.25, 0.3) is 0 Å². The van der Waals surface area contributed by atoms with Crippen LogP contribution in [0.5, 0.6) is 0 Å². The number of hydrogen-bond donors (Lipinski definition) is 2. The summed E-state index contributed by atoms with van der Waals surface area (Å²) in [5, 5.41) is 8.99. The van der Waals surface area contributed by atoms with Crippen molar-refractivity contribution in [2.45, 2.75) is 52.4 Å². The van der Waals surface area contributed by atoms with E-state index in [1.807, 2.05) is 11.3 Å². The van der Waals surface area contributed by atoms with Gasteiger partial charge in [0.15, 0.2) is 5.96 Å². The van der Waals surface area contributed by atoms with Crippen LogP contribution in [0.1, 0.15) is 42.7 Å². The Morgan fingerprint density at radius 2 is 2.00 bits per heavy atom. The van der Waals surface area contributed by atoms with Gasteiger partial charge in [-0.25, -0.2) is 4.99 Å². The molecule has 2 N–H and O–H groups in total. The van der Waals surface area contributed by atoms with Crippen LogP contribution >= 0.6 is 35.3 Å². The lowest BCUT2D eigenvalue weighted by atomic mass is 10.1. The van der Waals surface area contributed by atoms with Gasteiger partial charge in [-0.15, -0.1) is 35.3 Å². The van der Waals surface area contributed by atoms with Gasteiger partial charge < -0.3 is 20.1 Å². The molecule has 7 heteroatoms. The predicted molar refractivity (Wildman–Crippen MR) is 140 cm³/mol. The molecule has 1 aromatic carbocycles. The number of nitrogens with zero attached hydrogens (tertiary/aromatic N) is 1. The third-order valence-corrected chi connectivity index (χ3v) is 6.06. The zero-order chi connectivity index (χ0) is 21.0. The SMILES string of the molecule is CCNC(=NCc1cccc(COC2CCOCC2)c1)NCC(C)Cc1cccs1.I. The van der Waals surface area contributed by atoms with E-state index in [1.165, 1.54) is 16.0 Å². The molecule has 1 saturated heterocycles. The Balaban J connectivity index is 0.00000341. The average molecular weight is 558 g/mol. The first-order valence-corrected chi connectivity index (χ1v) is 11.9. The molecule has 2 aromatic rings. The van der Waals surface area contributed by atoms with Crippen LogP contribution < -0.4 is 10.6 Å². The summed E-state index contributed by atoms with van der Waals surface area (Å²) in [6.45, 7) is 9.06. The van der Waals surface area contributed by atoms with Crippen LogP contribution in [0.4, 0.5) is 0 Å².